The summed E-state index contributed by atoms with van der Waals surface area (Å²) in [5.41, 5.74) is 3.25. The highest BCUT2D eigenvalue weighted by atomic mass is 32.1. The van der Waals surface area contributed by atoms with Gasteiger partial charge >= 0.3 is 5.76 Å². The standard InChI is InChI=1S/C25H21N3O3S/c29-23(15-17-27-20-11-5-6-12-21(20)31-25(27)30)28(16-14-18-8-2-1-3-9-18)24-26-19-10-4-7-13-22(19)32-24/h1-13H,14-17H2. The molecule has 0 bridgehead atoms. The molecule has 2 heterocycles. The topological polar surface area (TPSA) is 68.3 Å². The van der Waals surface area contributed by atoms with Gasteiger partial charge in [0.2, 0.25) is 5.91 Å². The number of para-hydroxylation sites is 3. The fraction of sp³-hybridized carbons (Fsp3) is 0.160. The number of anilines is 1. The molecule has 32 heavy (non-hydrogen) atoms. The Morgan fingerprint density at radius 3 is 2.56 bits per heavy atom. The van der Waals surface area contributed by atoms with E-state index in [4.69, 9.17) is 9.40 Å². The van der Waals surface area contributed by atoms with Gasteiger partial charge in [-0.2, -0.15) is 0 Å². The van der Waals surface area contributed by atoms with Crippen molar-refractivity contribution < 1.29 is 9.21 Å². The number of rotatable bonds is 7. The van der Waals surface area contributed by atoms with Crippen molar-refractivity contribution in [2.75, 3.05) is 11.4 Å². The van der Waals surface area contributed by atoms with Crippen molar-refractivity contribution in [3.63, 3.8) is 0 Å². The zero-order valence-electron chi connectivity index (χ0n) is 17.3. The molecule has 160 valence electrons. The summed E-state index contributed by atoms with van der Waals surface area (Å²) in [7, 11) is 0. The van der Waals surface area contributed by atoms with Crippen molar-refractivity contribution in [2.24, 2.45) is 0 Å². The highest BCUT2D eigenvalue weighted by Gasteiger charge is 2.20. The van der Waals surface area contributed by atoms with Gasteiger partial charge in [-0.25, -0.2) is 9.78 Å². The van der Waals surface area contributed by atoms with Crippen LogP contribution in [0.2, 0.25) is 0 Å². The summed E-state index contributed by atoms with van der Waals surface area (Å²) < 4.78 is 7.85. The first-order chi connectivity index (χ1) is 15.7. The maximum atomic E-state index is 13.3. The summed E-state index contributed by atoms with van der Waals surface area (Å²) in [6, 6.07) is 25.2. The minimum atomic E-state index is -0.449. The van der Waals surface area contributed by atoms with E-state index in [1.807, 2.05) is 60.7 Å². The van der Waals surface area contributed by atoms with Crippen LogP contribution in [0.15, 0.2) is 88.1 Å². The SMILES string of the molecule is O=C(CCn1c(=O)oc2ccccc21)N(CCc1ccccc1)c1nc2ccccc2s1. The van der Waals surface area contributed by atoms with Crippen LogP contribution >= 0.6 is 11.3 Å². The maximum Gasteiger partial charge on any atom is 0.419 e. The predicted molar refractivity (Wildman–Crippen MR) is 127 cm³/mol. The minimum absolute atomic E-state index is 0.0721. The van der Waals surface area contributed by atoms with Gasteiger partial charge in [0.1, 0.15) is 0 Å². The zero-order chi connectivity index (χ0) is 21.9. The Balaban J connectivity index is 1.40. The number of carbonyl (C=O) groups is 1. The third kappa shape index (κ3) is 4.07. The normalized spacial score (nSPS) is 11.2. The first kappa shape index (κ1) is 20.2. The average molecular weight is 444 g/mol. The average Bonchev–Trinajstić information content (AvgIpc) is 3.38. The molecule has 0 radical (unpaired) electrons. The summed E-state index contributed by atoms with van der Waals surface area (Å²) in [4.78, 5) is 32.0. The molecule has 0 atom stereocenters. The second-order valence-electron chi connectivity index (χ2n) is 7.48. The Labute approximate surface area is 188 Å². The molecule has 0 aliphatic heterocycles. The monoisotopic (exact) mass is 443 g/mol. The third-order valence-electron chi connectivity index (χ3n) is 5.40. The Morgan fingerprint density at radius 2 is 1.72 bits per heavy atom. The molecule has 0 spiro atoms. The van der Waals surface area contributed by atoms with Crippen molar-refractivity contribution in [3.8, 4) is 0 Å². The smallest absolute Gasteiger partial charge is 0.408 e. The second kappa shape index (κ2) is 8.80. The first-order valence-electron chi connectivity index (χ1n) is 10.5. The molecule has 0 aliphatic rings. The number of benzene rings is 3. The van der Waals surface area contributed by atoms with E-state index in [1.54, 1.807) is 11.0 Å². The molecule has 0 saturated heterocycles. The lowest BCUT2D eigenvalue weighted by atomic mass is 10.1. The molecule has 5 rings (SSSR count). The van der Waals surface area contributed by atoms with E-state index in [9.17, 15) is 9.59 Å². The molecule has 2 aromatic heterocycles. The number of carbonyl (C=O) groups excluding carboxylic acids is 1. The van der Waals surface area contributed by atoms with Gasteiger partial charge in [0.05, 0.1) is 15.7 Å². The van der Waals surface area contributed by atoms with Crippen LogP contribution in [0, 0.1) is 0 Å². The quantitative estimate of drug-likeness (QED) is 0.360. The van der Waals surface area contributed by atoms with E-state index in [1.165, 1.54) is 15.9 Å². The molecule has 1 amide bonds. The van der Waals surface area contributed by atoms with Crippen LogP contribution in [0.3, 0.4) is 0 Å². The van der Waals surface area contributed by atoms with Crippen LogP contribution in [-0.2, 0) is 17.8 Å². The van der Waals surface area contributed by atoms with Crippen LogP contribution in [0.5, 0.6) is 0 Å². The summed E-state index contributed by atoms with van der Waals surface area (Å²) in [6.45, 7) is 0.769. The van der Waals surface area contributed by atoms with Crippen molar-refractivity contribution in [1.29, 1.82) is 0 Å². The van der Waals surface area contributed by atoms with Crippen LogP contribution in [0.1, 0.15) is 12.0 Å². The van der Waals surface area contributed by atoms with Gasteiger partial charge in [-0.3, -0.25) is 14.3 Å². The van der Waals surface area contributed by atoms with Gasteiger partial charge < -0.3 is 4.42 Å². The summed E-state index contributed by atoms with van der Waals surface area (Å²) in [5, 5.41) is 0.677. The molecule has 3 aromatic carbocycles. The number of thiazole rings is 1. The van der Waals surface area contributed by atoms with Crippen molar-refractivity contribution in [2.45, 2.75) is 19.4 Å². The van der Waals surface area contributed by atoms with E-state index < -0.39 is 5.76 Å². The lowest BCUT2D eigenvalue weighted by Crippen LogP contribution is -2.34. The Kier molecular flexibility index (Phi) is 5.56. The molecule has 7 heteroatoms. The first-order valence-corrected chi connectivity index (χ1v) is 11.3. The zero-order valence-corrected chi connectivity index (χ0v) is 18.1. The summed E-state index contributed by atoms with van der Waals surface area (Å²) >= 11 is 1.50. The summed E-state index contributed by atoms with van der Waals surface area (Å²) in [6.07, 6.45) is 0.894. The Morgan fingerprint density at radius 1 is 0.969 bits per heavy atom. The second-order valence-corrected chi connectivity index (χ2v) is 8.49. The van der Waals surface area contributed by atoms with Crippen molar-refractivity contribution >= 4 is 43.7 Å². The number of oxazole rings is 1. The van der Waals surface area contributed by atoms with Gasteiger partial charge in [0.25, 0.3) is 0 Å². The molecule has 0 fully saturated rings. The lowest BCUT2D eigenvalue weighted by Gasteiger charge is -2.20. The van der Waals surface area contributed by atoms with Crippen LogP contribution in [0.4, 0.5) is 5.13 Å². The molecule has 0 saturated carbocycles. The molecule has 0 aliphatic carbocycles. The fourth-order valence-corrected chi connectivity index (χ4v) is 4.77. The molecular formula is C25H21N3O3S. The molecule has 6 nitrogen and oxygen atoms in total. The van der Waals surface area contributed by atoms with Crippen LogP contribution in [0.25, 0.3) is 21.3 Å². The number of fused-ring (bicyclic) bond motifs is 2. The summed E-state index contributed by atoms with van der Waals surface area (Å²) in [5.74, 6) is -0.521. The highest BCUT2D eigenvalue weighted by Crippen LogP contribution is 2.29. The lowest BCUT2D eigenvalue weighted by molar-refractivity contribution is -0.118. The molecule has 0 unspecified atom stereocenters. The van der Waals surface area contributed by atoms with Gasteiger partial charge in [-0.1, -0.05) is 65.9 Å². The minimum Gasteiger partial charge on any atom is -0.408 e. The number of aryl methyl sites for hydroxylation is 1. The predicted octanol–water partition coefficient (Wildman–Crippen LogP) is 4.87. The number of aromatic nitrogens is 2. The Hall–Kier alpha value is -3.71. The fourth-order valence-electron chi connectivity index (χ4n) is 3.76. The molecule has 5 aromatic rings. The van der Waals surface area contributed by atoms with E-state index in [0.717, 1.165) is 22.2 Å². The van der Waals surface area contributed by atoms with Gasteiger partial charge in [0, 0.05) is 19.5 Å². The van der Waals surface area contributed by atoms with Crippen LogP contribution in [-0.4, -0.2) is 22.0 Å². The van der Waals surface area contributed by atoms with Gasteiger partial charge in [0.15, 0.2) is 10.7 Å². The molecular weight excluding hydrogens is 422 g/mol. The number of hydrogen-bond donors (Lipinski definition) is 0. The van der Waals surface area contributed by atoms with Crippen molar-refractivity contribution in [3.05, 3.63) is 95.0 Å². The van der Waals surface area contributed by atoms with Crippen LogP contribution < -0.4 is 10.7 Å². The maximum absolute atomic E-state index is 13.3. The van der Waals surface area contributed by atoms with Gasteiger partial charge in [-0.05, 0) is 36.2 Å². The largest absolute Gasteiger partial charge is 0.419 e. The third-order valence-corrected chi connectivity index (χ3v) is 6.46. The van der Waals surface area contributed by atoms with Gasteiger partial charge in [-0.15, -0.1) is 0 Å². The van der Waals surface area contributed by atoms with E-state index in [-0.39, 0.29) is 18.9 Å². The Bertz CT molecular complexity index is 1400. The van der Waals surface area contributed by atoms with Crippen molar-refractivity contribution in [1.82, 2.24) is 9.55 Å². The highest BCUT2D eigenvalue weighted by molar-refractivity contribution is 7.22. The number of amides is 1. The van der Waals surface area contributed by atoms with E-state index in [2.05, 4.69) is 12.1 Å². The molecule has 0 N–H and O–H groups in total. The number of nitrogens with zero attached hydrogens (tertiary/aromatic N) is 3. The van der Waals surface area contributed by atoms with E-state index >= 15 is 0 Å². The van der Waals surface area contributed by atoms with E-state index in [0.29, 0.717) is 22.8 Å². The number of hydrogen-bond acceptors (Lipinski definition) is 5.